The van der Waals surface area contributed by atoms with Gasteiger partial charge < -0.3 is 8.83 Å². The molecule has 0 unspecified atom stereocenters. The number of benzene rings is 7. The molecule has 0 atom stereocenters. The highest BCUT2D eigenvalue weighted by atomic mass is 16.3. The first-order valence-electron chi connectivity index (χ1n) is 17.9. The van der Waals surface area contributed by atoms with Crippen LogP contribution in [0.2, 0.25) is 0 Å². The van der Waals surface area contributed by atoms with Crippen LogP contribution in [0.1, 0.15) is 0 Å². The lowest BCUT2D eigenvalue weighted by Gasteiger charge is -2.11. The van der Waals surface area contributed by atoms with Gasteiger partial charge in [0.25, 0.3) is 0 Å². The van der Waals surface area contributed by atoms with Gasteiger partial charge in [0, 0.05) is 49.4 Å². The number of nitrogens with zero attached hydrogens (tertiary/aromatic N) is 4. The van der Waals surface area contributed by atoms with E-state index in [-0.39, 0.29) is 0 Å². The summed E-state index contributed by atoms with van der Waals surface area (Å²) in [6.07, 6.45) is 0. The molecule has 11 aromatic rings. The van der Waals surface area contributed by atoms with Crippen LogP contribution in [0.5, 0.6) is 0 Å². The predicted molar refractivity (Wildman–Crippen MR) is 217 cm³/mol. The molecular formula is C48H28N4O2. The van der Waals surface area contributed by atoms with E-state index in [4.69, 9.17) is 28.8 Å². The number of hydrogen-bond donors (Lipinski definition) is 0. The topological polar surface area (TPSA) is 77.8 Å². The van der Waals surface area contributed by atoms with Crippen molar-refractivity contribution < 1.29 is 8.83 Å². The van der Waals surface area contributed by atoms with Crippen LogP contribution < -0.4 is 0 Å². The standard InChI is InChI=1S/C48H28N4O2/c1-3-13-29(14-4-1)46-50-47(30-15-5-2-6-16-30)52-48(51-46)33-18-11-17-32(27-33)43-42-38-20-8-10-24-41(38)54-45(42)37-26-25-31(28-39(37)49-43)34-21-12-22-36-35-19-7-9-23-40(35)53-44(34)36/h1-28H. The fourth-order valence-corrected chi connectivity index (χ4v) is 7.56. The molecule has 0 aliphatic heterocycles. The largest absolute Gasteiger partial charge is 0.455 e. The highest BCUT2D eigenvalue weighted by molar-refractivity contribution is 6.20. The fourth-order valence-electron chi connectivity index (χ4n) is 7.56. The van der Waals surface area contributed by atoms with Crippen molar-refractivity contribution in [2.45, 2.75) is 0 Å². The molecule has 0 amide bonds. The molecule has 0 aliphatic carbocycles. The van der Waals surface area contributed by atoms with E-state index in [0.717, 1.165) is 93.9 Å². The zero-order chi connectivity index (χ0) is 35.6. The minimum Gasteiger partial charge on any atom is -0.455 e. The molecule has 7 aromatic carbocycles. The second kappa shape index (κ2) is 12.1. The second-order valence-corrected chi connectivity index (χ2v) is 13.4. The zero-order valence-electron chi connectivity index (χ0n) is 28.8. The third-order valence-electron chi connectivity index (χ3n) is 10.1. The van der Waals surface area contributed by atoms with Crippen LogP contribution in [-0.2, 0) is 0 Å². The Morgan fingerprint density at radius 1 is 0.333 bits per heavy atom. The summed E-state index contributed by atoms with van der Waals surface area (Å²) in [6.45, 7) is 0. The zero-order valence-corrected chi connectivity index (χ0v) is 28.8. The van der Waals surface area contributed by atoms with Gasteiger partial charge in [0.2, 0.25) is 0 Å². The van der Waals surface area contributed by atoms with Crippen LogP contribution in [0.25, 0.3) is 111 Å². The van der Waals surface area contributed by atoms with Gasteiger partial charge in [-0.15, -0.1) is 0 Å². The molecule has 4 heterocycles. The Morgan fingerprint density at radius 2 is 0.889 bits per heavy atom. The molecule has 0 saturated carbocycles. The lowest BCUT2D eigenvalue weighted by molar-refractivity contribution is 0.670. The lowest BCUT2D eigenvalue weighted by Crippen LogP contribution is -2.00. The van der Waals surface area contributed by atoms with Crippen LogP contribution in [0.15, 0.2) is 179 Å². The Hall–Kier alpha value is -7.44. The monoisotopic (exact) mass is 692 g/mol. The van der Waals surface area contributed by atoms with Gasteiger partial charge >= 0.3 is 0 Å². The Bertz CT molecular complexity index is 3160. The van der Waals surface area contributed by atoms with Gasteiger partial charge in [-0.1, -0.05) is 140 Å². The summed E-state index contributed by atoms with van der Waals surface area (Å²) in [5.74, 6) is 1.81. The van der Waals surface area contributed by atoms with E-state index in [1.54, 1.807) is 0 Å². The average Bonchev–Trinajstić information content (AvgIpc) is 3.83. The van der Waals surface area contributed by atoms with E-state index < -0.39 is 0 Å². The van der Waals surface area contributed by atoms with Gasteiger partial charge in [0.05, 0.1) is 16.6 Å². The number of hydrogen-bond acceptors (Lipinski definition) is 6. The highest BCUT2D eigenvalue weighted by Gasteiger charge is 2.20. The summed E-state index contributed by atoms with van der Waals surface area (Å²) < 4.78 is 13.1. The van der Waals surface area contributed by atoms with Crippen molar-refractivity contribution in [3.8, 4) is 56.5 Å². The van der Waals surface area contributed by atoms with Crippen molar-refractivity contribution in [3.63, 3.8) is 0 Å². The highest BCUT2D eigenvalue weighted by Crippen LogP contribution is 2.42. The molecule has 6 heteroatoms. The molecule has 0 radical (unpaired) electrons. The Kier molecular flexibility index (Phi) is 6.75. The number of furan rings is 2. The summed E-state index contributed by atoms with van der Waals surface area (Å²) in [5, 5.41) is 5.11. The van der Waals surface area contributed by atoms with Crippen molar-refractivity contribution >= 4 is 54.8 Å². The third kappa shape index (κ3) is 4.89. The lowest BCUT2D eigenvalue weighted by atomic mass is 9.98. The summed E-state index contributed by atoms with van der Waals surface area (Å²) in [6, 6.07) is 57.4. The molecule has 0 fully saturated rings. The first-order valence-corrected chi connectivity index (χ1v) is 17.9. The maximum atomic E-state index is 6.64. The SMILES string of the molecule is c1ccc(-c2nc(-c3ccccc3)nc(-c3cccc(-c4nc5cc(-c6cccc7c6oc6ccccc67)ccc5c5oc6ccccc6c45)c3)n2)cc1. The van der Waals surface area contributed by atoms with E-state index >= 15 is 0 Å². The second-order valence-electron chi connectivity index (χ2n) is 13.4. The number of para-hydroxylation sites is 3. The summed E-state index contributed by atoms with van der Waals surface area (Å²) in [4.78, 5) is 20.3. The van der Waals surface area contributed by atoms with Crippen molar-refractivity contribution in [2.24, 2.45) is 0 Å². The van der Waals surface area contributed by atoms with Crippen molar-refractivity contribution in [1.82, 2.24) is 19.9 Å². The molecule has 0 saturated heterocycles. The van der Waals surface area contributed by atoms with Crippen LogP contribution in [-0.4, -0.2) is 19.9 Å². The first kappa shape index (κ1) is 30.2. The van der Waals surface area contributed by atoms with Gasteiger partial charge in [-0.3, -0.25) is 0 Å². The average molecular weight is 693 g/mol. The minimum absolute atomic E-state index is 0.583. The van der Waals surface area contributed by atoms with E-state index in [1.807, 2.05) is 109 Å². The smallest absolute Gasteiger partial charge is 0.164 e. The third-order valence-corrected chi connectivity index (χ3v) is 10.1. The molecular weight excluding hydrogens is 665 g/mol. The molecule has 0 bridgehead atoms. The number of rotatable bonds is 5. The molecule has 6 nitrogen and oxygen atoms in total. The van der Waals surface area contributed by atoms with Gasteiger partial charge in [-0.05, 0) is 35.9 Å². The molecule has 54 heavy (non-hydrogen) atoms. The summed E-state index contributed by atoms with van der Waals surface area (Å²) >= 11 is 0. The predicted octanol–water partition coefficient (Wildman–Crippen LogP) is 12.6. The molecule has 252 valence electrons. The van der Waals surface area contributed by atoms with E-state index in [1.165, 1.54) is 0 Å². The Labute approximate surface area is 309 Å². The molecule has 0 spiro atoms. The Morgan fingerprint density at radius 3 is 1.63 bits per heavy atom. The van der Waals surface area contributed by atoms with Gasteiger partial charge in [-0.25, -0.2) is 19.9 Å². The van der Waals surface area contributed by atoms with E-state index in [2.05, 4.69) is 60.7 Å². The van der Waals surface area contributed by atoms with Crippen molar-refractivity contribution in [1.29, 1.82) is 0 Å². The van der Waals surface area contributed by atoms with Crippen LogP contribution >= 0.6 is 0 Å². The van der Waals surface area contributed by atoms with E-state index in [0.29, 0.717) is 17.5 Å². The number of pyridine rings is 1. The van der Waals surface area contributed by atoms with Crippen LogP contribution in [0.3, 0.4) is 0 Å². The van der Waals surface area contributed by atoms with Gasteiger partial charge in [0.15, 0.2) is 17.5 Å². The number of fused-ring (bicyclic) bond motifs is 8. The van der Waals surface area contributed by atoms with Gasteiger partial charge in [0.1, 0.15) is 22.3 Å². The normalized spacial score (nSPS) is 11.7. The first-order chi connectivity index (χ1) is 26.7. The van der Waals surface area contributed by atoms with Crippen molar-refractivity contribution in [3.05, 3.63) is 170 Å². The maximum absolute atomic E-state index is 6.64. The fraction of sp³-hybridized carbons (Fsp3) is 0. The Balaban J connectivity index is 1.12. The van der Waals surface area contributed by atoms with Crippen LogP contribution in [0, 0.1) is 0 Å². The summed E-state index contributed by atoms with van der Waals surface area (Å²) in [5.41, 5.74) is 10.7. The molecule has 0 N–H and O–H groups in total. The van der Waals surface area contributed by atoms with E-state index in [9.17, 15) is 0 Å². The molecule has 11 rings (SSSR count). The maximum Gasteiger partial charge on any atom is 0.164 e. The quantitative estimate of drug-likeness (QED) is 0.179. The molecule has 4 aromatic heterocycles. The summed E-state index contributed by atoms with van der Waals surface area (Å²) in [7, 11) is 0. The van der Waals surface area contributed by atoms with Crippen molar-refractivity contribution in [2.75, 3.05) is 0 Å². The number of aromatic nitrogens is 4. The van der Waals surface area contributed by atoms with Crippen LogP contribution in [0.4, 0.5) is 0 Å². The minimum atomic E-state index is 0.583. The van der Waals surface area contributed by atoms with Gasteiger partial charge in [-0.2, -0.15) is 0 Å². The molecule has 0 aliphatic rings.